The highest BCUT2D eigenvalue weighted by Gasteiger charge is 2.06. The molecular weight excluding hydrogens is 272 g/mol. The van der Waals surface area contributed by atoms with Gasteiger partial charge in [0, 0.05) is 18.5 Å². The standard InChI is InChI=1S/C14H12N4OS/c1-9-12(2-3-14(15)18-9)19-10-4-5-17-11(6-10)13-7-16-8-20-13/h2-8H,1H3,(H2,15,18). The summed E-state index contributed by atoms with van der Waals surface area (Å²) in [4.78, 5) is 13.5. The van der Waals surface area contributed by atoms with E-state index < -0.39 is 0 Å². The van der Waals surface area contributed by atoms with E-state index in [1.54, 1.807) is 30.0 Å². The zero-order chi connectivity index (χ0) is 13.9. The van der Waals surface area contributed by atoms with Crippen molar-refractivity contribution in [3.05, 3.63) is 47.9 Å². The molecule has 20 heavy (non-hydrogen) atoms. The van der Waals surface area contributed by atoms with Gasteiger partial charge in [0.1, 0.15) is 17.3 Å². The Bertz CT molecular complexity index is 728. The van der Waals surface area contributed by atoms with Gasteiger partial charge >= 0.3 is 0 Å². The molecule has 0 fully saturated rings. The Hall–Kier alpha value is -2.47. The van der Waals surface area contributed by atoms with E-state index in [9.17, 15) is 0 Å². The fourth-order valence-corrected chi connectivity index (χ4v) is 2.34. The van der Waals surface area contributed by atoms with Crippen LogP contribution in [-0.2, 0) is 0 Å². The van der Waals surface area contributed by atoms with Gasteiger partial charge in [0.25, 0.3) is 0 Å². The molecule has 3 aromatic heterocycles. The summed E-state index contributed by atoms with van der Waals surface area (Å²) < 4.78 is 5.83. The highest BCUT2D eigenvalue weighted by atomic mass is 32.1. The minimum atomic E-state index is 0.481. The van der Waals surface area contributed by atoms with Crippen molar-refractivity contribution in [3.63, 3.8) is 0 Å². The van der Waals surface area contributed by atoms with E-state index >= 15 is 0 Å². The number of aryl methyl sites for hydroxylation is 1. The normalized spacial score (nSPS) is 10.4. The van der Waals surface area contributed by atoms with E-state index in [-0.39, 0.29) is 0 Å². The van der Waals surface area contributed by atoms with Gasteiger partial charge in [-0.3, -0.25) is 9.97 Å². The van der Waals surface area contributed by atoms with Crippen molar-refractivity contribution < 1.29 is 4.74 Å². The van der Waals surface area contributed by atoms with Gasteiger partial charge in [-0.05, 0) is 25.1 Å². The molecule has 0 aliphatic carbocycles. The lowest BCUT2D eigenvalue weighted by Crippen LogP contribution is -1.95. The number of nitrogens with two attached hydrogens (primary N) is 1. The van der Waals surface area contributed by atoms with Crippen molar-refractivity contribution in [3.8, 4) is 22.1 Å². The van der Waals surface area contributed by atoms with E-state index in [4.69, 9.17) is 10.5 Å². The van der Waals surface area contributed by atoms with Crippen molar-refractivity contribution in [2.75, 3.05) is 5.73 Å². The maximum Gasteiger partial charge on any atom is 0.148 e. The molecule has 0 amide bonds. The van der Waals surface area contributed by atoms with E-state index in [1.165, 1.54) is 11.3 Å². The molecule has 0 saturated carbocycles. The molecular formula is C14H12N4OS. The number of anilines is 1. The van der Waals surface area contributed by atoms with Crippen LogP contribution in [0.3, 0.4) is 0 Å². The Balaban J connectivity index is 1.89. The zero-order valence-electron chi connectivity index (χ0n) is 10.8. The average molecular weight is 284 g/mol. The molecule has 0 saturated heterocycles. The Morgan fingerprint density at radius 3 is 2.90 bits per heavy atom. The minimum Gasteiger partial charge on any atom is -0.455 e. The molecule has 0 aliphatic heterocycles. The average Bonchev–Trinajstić information content (AvgIpc) is 2.96. The van der Waals surface area contributed by atoms with Crippen LogP contribution in [0.4, 0.5) is 5.82 Å². The largest absolute Gasteiger partial charge is 0.455 e. The lowest BCUT2D eigenvalue weighted by atomic mass is 10.3. The summed E-state index contributed by atoms with van der Waals surface area (Å²) in [6.07, 6.45) is 3.50. The van der Waals surface area contributed by atoms with E-state index in [1.807, 2.05) is 19.1 Å². The molecule has 0 spiro atoms. The quantitative estimate of drug-likeness (QED) is 0.799. The number of hydrogen-bond acceptors (Lipinski definition) is 6. The first-order valence-corrected chi connectivity index (χ1v) is 6.86. The molecule has 6 heteroatoms. The molecule has 100 valence electrons. The molecule has 0 radical (unpaired) electrons. The number of nitrogens with zero attached hydrogens (tertiary/aromatic N) is 3. The molecule has 3 aromatic rings. The van der Waals surface area contributed by atoms with Gasteiger partial charge < -0.3 is 10.5 Å². The predicted octanol–water partition coefficient (Wildman–Crippen LogP) is 3.28. The number of pyridine rings is 2. The van der Waals surface area contributed by atoms with Gasteiger partial charge in [0.2, 0.25) is 0 Å². The maximum absolute atomic E-state index is 5.83. The fourth-order valence-electron chi connectivity index (χ4n) is 1.75. The van der Waals surface area contributed by atoms with Crippen LogP contribution in [-0.4, -0.2) is 15.0 Å². The Labute approximate surface area is 120 Å². The van der Waals surface area contributed by atoms with Crippen molar-refractivity contribution >= 4 is 17.2 Å². The third-order valence-corrected chi connectivity index (χ3v) is 3.50. The molecule has 3 rings (SSSR count). The monoisotopic (exact) mass is 284 g/mol. The Kier molecular flexibility index (Phi) is 3.30. The number of rotatable bonds is 3. The first-order chi connectivity index (χ1) is 9.72. The van der Waals surface area contributed by atoms with Crippen LogP contribution < -0.4 is 10.5 Å². The second-order valence-corrected chi connectivity index (χ2v) is 5.05. The summed E-state index contributed by atoms with van der Waals surface area (Å²) >= 11 is 1.54. The lowest BCUT2D eigenvalue weighted by Gasteiger charge is -2.09. The molecule has 0 atom stereocenters. The second kappa shape index (κ2) is 5.26. The van der Waals surface area contributed by atoms with Gasteiger partial charge in [-0.2, -0.15) is 0 Å². The summed E-state index contributed by atoms with van der Waals surface area (Å²) in [5, 5.41) is 0. The van der Waals surface area contributed by atoms with Gasteiger partial charge in [0.05, 0.1) is 21.8 Å². The molecule has 2 N–H and O–H groups in total. The summed E-state index contributed by atoms with van der Waals surface area (Å²) in [6.45, 7) is 1.86. The highest BCUT2D eigenvalue weighted by molar-refractivity contribution is 7.13. The summed E-state index contributed by atoms with van der Waals surface area (Å²) in [7, 11) is 0. The van der Waals surface area contributed by atoms with Crippen molar-refractivity contribution in [2.45, 2.75) is 6.92 Å². The number of aromatic nitrogens is 3. The van der Waals surface area contributed by atoms with Crippen molar-refractivity contribution in [1.29, 1.82) is 0 Å². The Morgan fingerprint density at radius 2 is 2.15 bits per heavy atom. The van der Waals surface area contributed by atoms with Crippen LogP contribution >= 0.6 is 11.3 Å². The smallest absolute Gasteiger partial charge is 0.148 e. The second-order valence-electron chi connectivity index (χ2n) is 4.16. The summed E-state index contributed by atoms with van der Waals surface area (Å²) in [5.41, 5.74) is 8.99. The SMILES string of the molecule is Cc1nc(N)ccc1Oc1ccnc(-c2cncs2)c1. The molecule has 3 heterocycles. The topological polar surface area (TPSA) is 73.9 Å². The summed E-state index contributed by atoms with van der Waals surface area (Å²) in [5.74, 6) is 1.87. The Morgan fingerprint density at radius 1 is 1.25 bits per heavy atom. The van der Waals surface area contributed by atoms with Crippen LogP contribution in [0.15, 0.2) is 42.2 Å². The van der Waals surface area contributed by atoms with Crippen LogP contribution in [0.5, 0.6) is 11.5 Å². The van der Waals surface area contributed by atoms with Crippen LogP contribution in [0.2, 0.25) is 0 Å². The van der Waals surface area contributed by atoms with Gasteiger partial charge in [-0.1, -0.05) is 0 Å². The number of thiazole rings is 1. The first kappa shape index (κ1) is 12.6. The predicted molar refractivity (Wildman–Crippen MR) is 78.8 cm³/mol. The molecule has 0 aliphatic rings. The summed E-state index contributed by atoms with van der Waals surface area (Å²) in [6, 6.07) is 7.21. The fraction of sp³-hybridized carbons (Fsp3) is 0.0714. The zero-order valence-corrected chi connectivity index (χ0v) is 11.6. The van der Waals surface area contributed by atoms with E-state index in [0.717, 1.165) is 16.3 Å². The minimum absolute atomic E-state index is 0.481. The number of nitrogen functional groups attached to an aromatic ring is 1. The lowest BCUT2D eigenvalue weighted by molar-refractivity contribution is 0.475. The highest BCUT2D eigenvalue weighted by Crippen LogP contribution is 2.28. The number of ether oxygens (including phenoxy) is 1. The molecule has 0 aromatic carbocycles. The van der Waals surface area contributed by atoms with Crippen LogP contribution in [0, 0.1) is 6.92 Å². The van der Waals surface area contributed by atoms with Crippen LogP contribution in [0.1, 0.15) is 5.69 Å². The van der Waals surface area contributed by atoms with Crippen molar-refractivity contribution in [1.82, 2.24) is 15.0 Å². The molecule has 0 bridgehead atoms. The van der Waals surface area contributed by atoms with Gasteiger partial charge in [-0.25, -0.2) is 4.98 Å². The third-order valence-electron chi connectivity index (χ3n) is 2.70. The molecule has 5 nitrogen and oxygen atoms in total. The van der Waals surface area contributed by atoms with Gasteiger partial charge in [-0.15, -0.1) is 11.3 Å². The third kappa shape index (κ3) is 2.60. The van der Waals surface area contributed by atoms with Crippen molar-refractivity contribution in [2.24, 2.45) is 0 Å². The van der Waals surface area contributed by atoms with E-state index in [2.05, 4.69) is 15.0 Å². The van der Waals surface area contributed by atoms with Crippen LogP contribution in [0.25, 0.3) is 10.6 Å². The van der Waals surface area contributed by atoms with E-state index in [0.29, 0.717) is 17.3 Å². The van der Waals surface area contributed by atoms with Gasteiger partial charge in [0.15, 0.2) is 0 Å². The first-order valence-electron chi connectivity index (χ1n) is 5.98. The molecule has 0 unspecified atom stereocenters. The maximum atomic E-state index is 5.83. The number of hydrogen-bond donors (Lipinski definition) is 1.